The number of nitrogens with zero attached hydrogens (tertiary/aromatic N) is 3. The summed E-state index contributed by atoms with van der Waals surface area (Å²) in [5, 5.41) is 7.73. The molecule has 9 heteroatoms. The minimum Gasteiger partial charge on any atom is -0.454 e. The Morgan fingerprint density at radius 2 is 1.92 bits per heavy atom. The van der Waals surface area contributed by atoms with E-state index in [0.717, 1.165) is 26.9 Å². The molecule has 0 radical (unpaired) electrons. The molecular weight excluding hydrogens is 475 g/mol. The molecule has 3 aliphatic rings. The molecule has 3 aromatic rings. The Labute approximate surface area is 211 Å². The van der Waals surface area contributed by atoms with E-state index in [-0.39, 0.29) is 25.8 Å². The Kier molecular flexibility index (Phi) is 5.60. The Morgan fingerprint density at radius 3 is 2.78 bits per heavy atom. The van der Waals surface area contributed by atoms with Crippen molar-refractivity contribution in [3.8, 4) is 22.8 Å². The van der Waals surface area contributed by atoms with Crippen molar-refractivity contribution >= 4 is 16.8 Å². The molecule has 8 nitrogen and oxygen atoms in total. The summed E-state index contributed by atoms with van der Waals surface area (Å²) in [7, 11) is 0. The van der Waals surface area contributed by atoms with Gasteiger partial charge in [-0.25, -0.2) is 9.07 Å². The van der Waals surface area contributed by atoms with Crippen molar-refractivity contribution in [2.75, 3.05) is 6.79 Å². The molecule has 0 atom stereocenters. The van der Waals surface area contributed by atoms with E-state index < -0.39 is 11.4 Å². The number of rotatable bonds is 6. The molecule has 0 spiro atoms. The third-order valence-corrected chi connectivity index (χ3v) is 6.40. The van der Waals surface area contributed by atoms with Crippen molar-refractivity contribution in [1.82, 2.24) is 19.7 Å². The van der Waals surface area contributed by atoms with Gasteiger partial charge in [-0.3, -0.25) is 9.59 Å². The van der Waals surface area contributed by atoms with Crippen LogP contribution in [0.5, 0.6) is 11.5 Å². The summed E-state index contributed by atoms with van der Waals surface area (Å²) in [4.78, 5) is 25.9. The van der Waals surface area contributed by atoms with Crippen molar-refractivity contribution in [2.24, 2.45) is 0 Å². The quantitative estimate of drug-likeness (QED) is 0.384. The molecule has 0 saturated heterocycles. The molecule has 1 N–H and O–H groups in total. The largest absolute Gasteiger partial charge is 0.454 e. The molecule has 0 saturated carbocycles. The number of carbonyl (C=O) groups is 1. The van der Waals surface area contributed by atoms with E-state index in [0.29, 0.717) is 34.7 Å². The van der Waals surface area contributed by atoms with E-state index in [4.69, 9.17) is 9.47 Å². The van der Waals surface area contributed by atoms with Gasteiger partial charge in [-0.15, -0.1) is 0 Å². The number of fused-ring (bicyclic) bond motifs is 4. The van der Waals surface area contributed by atoms with Gasteiger partial charge >= 0.3 is 0 Å². The van der Waals surface area contributed by atoms with Crippen LogP contribution in [-0.4, -0.2) is 27.0 Å². The van der Waals surface area contributed by atoms with Gasteiger partial charge in [0.15, 0.2) is 11.5 Å². The molecule has 0 aliphatic carbocycles. The molecule has 3 aromatic carbocycles. The maximum Gasteiger partial charge on any atom is 0.278 e. The van der Waals surface area contributed by atoms with E-state index in [1.54, 1.807) is 24.4 Å². The minimum atomic E-state index is -0.425. The maximum absolute atomic E-state index is 14.2. The number of amides is 1. The van der Waals surface area contributed by atoms with Gasteiger partial charge < -0.3 is 19.4 Å². The SMILES string of the molecule is Cc1cccc(Cn2cc3c(=O)n(CC(=O)NCc4ccc5c(c4)OCO5)nc-3c3cc(F)ccc32)c1. The van der Waals surface area contributed by atoms with E-state index in [1.807, 2.05) is 35.8 Å². The minimum absolute atomic E-state index is 0.174. The number of benzene rings is 3. The molecule has 3 heterocycles. The van der Waals surface area contributed by atoms with Gasteiger partial charge in [0.2, 0.25) is 12.7 Å². The first kappa shape index (κ1) is 22.8. The predicted octanol–water partition coefficient (Wildman–Crippen LogP) is 3.84. The van der Waals surface area contributed by atoms with E-state index in [2.05, 4.69) is 16.5 Å². The fourth-order valence-corrected chi connectivity index (χ4v) is 4.64. The highest BCUT2D eigenvalue weighted by atomic mass is 19.1. The number of ether oxygens (including phenoxy) is 2. The fraction of sp³-hybridized carbons (Fsp3) is 0.179. The highest BCUT2D eigenvalue weighted by Gasteiger charge is 2.22. The summed E-state index contributed by atoms with van der Waals surface area (Å²) >= 11 is 0. The average Bonchev–Trinajstić information content (AvgIpc) is 3.47. The van der Waals surface area contributed by atoms with Crippen LogP contribution in [0.4, 0.5) is 4.39 Å². The average molecular weight is 499 g/mol. The monoisotopic (exact) mass is 498 g/mol. The zero-order valence-corrected chi connectivity index (χ0v) is 20.0. The highest BCUT2D eigenvalue weighted by molar-refractivity contribution is 5.94. The molecule has 37 heavy (non-hydrogen) atoms. The second kappa shape index (κ2) is 9.09. The molecule has 186 valence electrons. The van der Waals surface area contributed by atoms with E-state index in [9.17, 15) is 14.0 Å². The Morgan fingerprint density at radius 1 is 1.05 bits per heavy atom. The lowest BCUT2D eigenvalue weighted by molar-refractivity contribution is -0.122. The Bertz CT molecular complexity index is 1690. The van der Waals surface area contributed by atoms with Gasteiger partial charge in [-0.1, -0.05) is 35.9 Å². The Hall–Kier alpha value is -4.66. The first-order valence-electron chi connectivity index (χ1n) is 11.8. The topological polar surface area (TPSA) is 87.4 Å². The van der Waals surface area contributed by atoms with Crippen LogP contribution < -0.4 is 20.3 Å². The van der Waals surface area contributed by atoms with Gasteiger partial charge in [0, 0.05) is 24.7 Å². The van der Waals surface area contributed by atoms with Crippen molar-refractivity contribution in [3.05, 3.63) is 99.7 Å². The first-order chi connectivity index (χ1) is 17.9. The van der Waals surface area contributed by atoms with Gasteiger partial charge in [-0.05, 0) is 48.4 Å². The van der Waals surface area contributed by atoms with E-state index in [1.165, 1.54) is 12.1 Å². The van der Waals surface area contributed by atoms with Crippen LogP contribution in [0.3, 0.4) is 0 Å². The molecule has 0 unspecified atom stereocenters. The number of halogens is 1. The predicted molar refractivity (Wildman–Crippen MR) is 135 cm³/mol. The van der Waals surface area contributed by atoms with Crippen LogP contribution in [0, 0.1) is 12.7 Å². The summed E-state index contributed by atoms with van der Waals surface area (Å²) in [6.45, 7) is 2.69. The second-order valence-electron chi connectivity index (χ2n) is 9.10. The third-order valence-electron chi connectivity index (χ3n) is 6.40. The molecule has 0 fully saturated rings. The van der Waals surface area contributed by atoms with Crippen LogP contribution in [0.1, 0.15) is 16.7 Å². The standard InChI is InChI=1S/C28H23FN4O4/c1-17-3-2-4-19(9-17)13-32-14-22-27(21-11-20(29)6-7-23(21)32)31-33(28(22)35)15-26(34)30-12-18-5-8-24-25(10-18)37-16-36-24/h2-11,14H,12-13,15-16H2,1H3,(H,30,34). The lowest BCUT2D eigenvalue weighted by Gasteiger charge is -2.14. The lowest BCUT2D eigenvalue weighted by atomic mass is 10.1. The zero-order chi connectivity index (χ0) is 25.5. The van der Waals surface area contributed by atoms with Crippen molar-refractivity contribution in [1.29, 1.82) is 0 Å². The molecular formula is C28H23FN4O4. The summed E-state index contributed by atoms with van der Waals surface area (Å²) in [6.07, 6.45) is 1.73. The van der Waals surface area contributed by atoms with E-state index >= 15 is 0 Å². The van der Waals surface area contributed by atoms with Gasteiger partial charge in [0.1, 0.15) is 18.1 Å². The second-order valence-corrected chi connectivity index (χ2v) is 9.10. The normalized spacial score (nSPS) is 12.4. The number of hydrogen-bond acceptors (Lipinski definition) is 5. The third kappa shape index (κ3) is 4.40. The molecule has 3 aliphatic heterocycles. The Balaban J connectivity index is 1.29. The van der Waals surface area contributed by atoms with Crippen molar-refractivity contribution < 1.29 is 18.7 Å². The lowest BCUT2D eigenvalue weighted by Crippen LogP contribution is -2.31. The molecule has 6 rings (SSSR count). The van der Waals surface area contributed by atoms with Crippen LogP contribution in [-0.2, 0) is 24.4 Å². The zero-order valence-electron chi connectivity index (χ0n) is 20.0. The van der Waals surface area contributed by atoms with Gasteiger partial charge in [0.25, 0.3) is 5.56 Å². The number of carbonyl (C=O) groups excluding carboxylic acids is 1. The fourth-order valence-electron chi connectivity index (χ4n) is 4.64. The van der Waals surface area contributed by atoms with Crippen LogP contribution in [0.25, 0.3) is 22.2 Å². The van der Waals surface area contributed by atoms with Crippen molar-refractivity contribution in [3.63, 3.8) is 0 Å². The van der Waals surface area contributed by atoms with Crippen molar-refractivity contribution in [2.45, 2.75) is 26.6 Å². The smallest absolute Gasteiger partial charge is 0.278 e. The molecule has 0 aromatic heterocycles. The summed E-state index contributed by atoms with van der Waals surface area (Å²) < 4.78 is 27.9. The van der Waals surface area contributed by atoms with Gasteiger partial charge in [-0.2, -0.15) is 5.10 Å². The summed E-state index contributed by atoms with van der Waals surface area (Å²) in [5.41, 5.74) is 4.04. The molecule has 0 bridgehead atoms. The van der Waals surface area contributed by atoms with Crippen LogP contribution in [0.15, 0.2) is 71.7 Å². The summed E-state index contributed by atoms with van der Waals surface area (Å²) in [5.74, 6) is 0.499. The maximum atomic E-state index is 14.2. The van der Waals surface area contributed by atoms with Gasteiger partial charge in [0.05, 0.1) is 11.1 Å². The first-order valence-corrected chi connectivity index (χ1v) is 11.8. The number of pyridine rings is 1. The number of aryl methyl sites for hydroxylation is 1. The highest BCUT2D eigenvalue weighted by Crippen LogP contribution is 2.32. The van der Waals surface area contributed by atoms with Crippen LogP contribution >= 0.6 is 0 Å². The van der Waals surface area contributed by atoms with Crippen LogP contribution in [0.2, 0.25) is 0 Å². The molecule has 1 amide bonds. The number of aromatic nitrogens is 3. The number of nitrogens with one attached hydrogen (secondary N) is 1. The number of hydrogen-bond donors (Lipinski definition) is 1. The summed E-state index contributed by atoms with van der Waals surface area (Å²) in [6, 6.07) is 17.9.